The van der Waals surface area contributed by atoms with E-state index in [1.807, 2.05) is 31.2 Å². The molecule has 1 amide bonds. The molecule has 5 heteroatoms. The fourth-order valence-corrected chi connectivity index (χ4v) is 2.15. The summed E-state index contributed by atoms with van der Waals surface area (Å²) < 4.78 is 0. The Morgan fingerprint density at radius 3 is 2.70 bits per heavy atom. The number of aromatic nitrogens is 2. The van der Waals surface area contributed by atoms with Crippen molar-refractivity contribution in [3.05, 3.63) is 52.3 Å². The van der Waals surface area contributed by atoms with Crippen LogP contribution in [0.2, 0.25) is 5.15 Å². The molecule has 2 rings (SSSR count). The molecule has 4 nitrogen and oxygen atoms in total. The van der Waals surface area contributed by atoms with Gasteiger partial charge in [0.2, 0.25) is 11.9 Å². The molecule has 1 N–H and O–H groups in total. The first-order valence-electron chi connectivity index (χ1n) is 6.40. The number of nitrogens with zero attached hydrogens (tertiary/aromatic N) is 2. The Bertz CT molecular complexity index is 608. The van der Waals surface area contributed by atoms with Crippen molar-refractivity contribution in [2.75, 3.05) is 5.32 Å². The normalized spacial score (nSPS) is 10.3. The molecule has 0 saturated heterocycles. The lowest BCUT2D eigenvalue weighted by Gasteiger charge is -2.06. The molecule has 1 heterocycles. The Hall–Kier alpha value is -1.94. The van der Waals surface area contributed by atoms with Gasteiger partial charge in [-0.25, -0.2) is 9.97 Å². The van der Waals surface area contributed by atoms with E-state index in [2.05, 4.69) is 15.3 Å². The lowest BCUT2D eigenvalue weighted by molar-refractivity contribution is -0.116. The summed E-state index contributed by atoms with van der Waals surface area (Å²) in [4.78, 5) is 20.0. The summed E-state index contributed by atoms with van der Waals surface area (Å²) in [5.74, 6) is 0.139. The van der Waals surface area contributed by atoms with Crippen LogP contribution in [-0.2, 0) is 11.2 Å². The highest BCUT2D eigenvalue weighted by molar-refractivity contribution is 6.29. The van der Waals surface area contributed by atoms with Crippen molar-refractivity contribution < 1.29 is 4.79 Å². The van der Waals surface area contributed by atoms with E-state index in [4.69, 9.17) is 11.6 Å². The summed E-state index contributed by atoms with van der Waals surface area (Å²) in [5.41, 5.74) is 3.08. The van der Waals surface area contributed by atoms with Gasteiger partial charge in [-0.3, -0.25) is 10.1 Å². The summed E-state index contributed by atoms with van der Waals surface area (Å²) in [7, 11) is 0. The third kappa shape index (κ3) is 4.03. The van der Waals surface area contributed by atoms with Crippen molar-refractivity contribution in [2.45, 2.75) is 26.7 Å². The van der Waals surface area contributed by atoms with E-state index in [9.17, 15) is 4.79 Å². The Balaban J connectivity index is 1.94. The van der Waals surface area contributed by atoms with Gasteiger partial charge in [0.15, 0.2) is 0 Å². The van der Waals surface area contributed by atoms with Crippen LogP contribution in [0.4, 0.5) is 5.95 Å². The zero-order valence-corrected chi connectivity index (χ0v) is 12.2. The van der Waals surface area contributed by atoms with E-state index < -0.39 is 0 Å². The Morgan fingerprint density at radius 2 is 2.00 bits per heavy atom. The van der Waals surface area contributed by atoms with Gasteiger partial charge in [-0.15, -0.1) is 0 Å². The molecule has 1 aromatic heterocycles. The van der Waals surface area contributed by atoms with Gasteiger partial charge in [-0.05, 0) is 37.5 Å². The van der Waals surface area contributed by atoms with Gasteiger partial charge in [-0.2, -0.15) is 0 Å². The SMILES string of the molecule is Cc1cc(Cl)nc(NC(=O)CCc2ccccc2C)n1. The van der Waals surface area contributed by atoms with Crippen molar-refractivity contribution in [3.63, 3.8) is 0 Å². The molecule has 0 unspecified atom stereocenters. The fraction of sp³-hybridized carbons (Fsp3) is 0.267. The first kappa shape index (κ1) is 14.5. The predicted molar refractivity (Wildman–Crippen MR) is 79.9 cm³/mol. The third-order valence-corrected chi connectivity index (χ3v) is 3.15. The number of hydrogen-bond acceptors (Lipinski definition) is 3. The highest BCUT2D eigenvalue weighted by atomic mass is 35.5. The number of rotatable bonds is 4. The van der Waals surface area contributed by atoms with E-state index in [0.717, 1.165) is 5.69 Å². The molecular weight excluding hydrogens is 274 g/mol. The second kappa shape index (κ2) is 6.48. The van der Waals surface area contributed by atoms with Crippen LogP contribution in [0, 0.1) is 13.8 Å². The molecule has 104 valence electrons. The molecule has 0 aliphatic carbocycles. The number of carbonyl (C=O) groups is 1. The number of halogens is 1. The van der Waals surface area contributed by atoms with Crippen molar-refractivity contribution in [1.82, 2.24) is 9.97 Å². The lowest BCUT2D eigenvalue weighted by atomic mass is 10.0. The van der Waals surface area contributed by atoms with Crippen LogP contribution >= 0.6 is 11.6 Å². The quantitative estimate of drug-likeness (QED) is 0.879. The number of anilines is 1. The first-order valence-corrected chi connectivity index (χ1v) is 6.78. The van der Waals surface area contributed by atoms with Gasteiger partial charge in [0.1, 0.15) is 5.15 Å². The molecule has 0 aliphatic heterocycles. The van der Waals surface area contributed by atoms with E-state index in [-0.39, 0.29) is 11.9 Å². The van der Waals surface area contributed by atoms with Gasteiger partial charge in [0, 0.05) is 12.1 Å². The summed E-state index contributed by atoms with van der Waals surface area (Å²) in [6.45, 7) is 3.84. The number of benzene rings is 1. The molecule has 0 spiro atoms. The summed E-state index contributed by atoms with van der Waals surface area (Å²) >= 11 is 5.82. The summed E-state index contributed by atoms with van der Waals surface area (Å²) in [6, 6.07) is 9.68. The van der Waals surface area contributed by atoms with E-state index in [1.165, 1.54) is 11.1 Å². The standard InChI is InChI=1S/C15H16ClN3O/c1-10-5-3-4-6-12(10)7-8-14(20)19-15-17-11(2)9-13(16)18-15/h3-6,9H,7-8H2,1-2H3,(H,17,18,19,20). The average Bonchev–Trinajstić information content (AvgIpc) is 2.36. The van der Waals surface area contributed by atoms with E-state index >= 15 is 0 Å². The zero-order chi connectivity index (χ0) is 14.5. The number of aryl methyl sites for hydroxylation is 3. The molecule has 1 aromatic carbocycles. The summed E-state index contributed by atoms with van der Waals surface area (Å²) in [5, 5.41) is 2.99. The maximum absolute atomic E-state index is 11.9. The second-order valence-electron chi connectivity index (χ2n) is 4.63. The molecule has 0 saturated carbocycles. The number of carbonyl (C=O) groups excluding carboxylic acids is 1. The second-order valence-corrected chi connectivity index (χ2v) is 5.02. The monoisotopic (exact) mass is 289 g/mol. The van der Waals surface area contributed by atoms with Gasteiger partial charge in [0.25, 0.3) is 0 Å². The average molecular weight is 290 g/mol. The van der Waals surface area contributed by atoms with Crippen molar-refractivity contribution in [1.29, 1.82) is 0 Å². The molecule has 0 radical (unpaired) electrons. The minimum atomic E-state index is -0.116. The smallest absolute Gasteiger partial charge is 0.231 e. The van der Waals surface area contributed by atoms with Crippen LogP contribution in [0.3, 0.4) is 0 Å². The highest BCUT2D eigenvalue weighted by Crippen LogP contribution is 2.12. The minimum absolute atomic E-state index is 0.116. The molecule has 0 atom stereocenters. The zero-order valence-electron chi connectivity index (χ0n) is 11.5. The highest BCUT2D eigenvalue weighted by Gasteiger charge is 2.07. The lowest BCUT2D eigenvalue weighted by Crippen LogP contribution is -2.15. The van der Waals surface area contributed by atoms with E-state index in [1.54, 1.807) is 13.0 Å². The van der Waals surface area contributed by atoms with Crippen LogP contribution in [-0.4, -0.2) is 15.9 Å². The van der Waals surface area contributed by atoms with Crippen LogP contribution in [0.1, 0.15) is 23.2 Å². The number of hydrogen-bond donors (Lipinski definition) is 1. The minimum Gasteiger partial charge on any atom is -0.294 e. The molecular formula is C15H16ClN3O. The number of nitrogens with one attached hydrogen (secondary N) is 1. The van der Waals surface area contributed by atoms with E-state index in [0.29, 0.717) is 18.0 Å². The topological polar surface area (TPSA) is 54.9 Å². The van der Waals surface area contributed by atoms with Crippen LogP contribution in [0.15, 0.2) is 30.3 Å². The predicted octanol–water partition coefficient (Wildman–Crippen LogP) is 3.32. The molecule has 20 heavy (non-hydrogen) atoms. The van der Waals surface area contributed by atoms with Crippen molar-refractivity contribution in [2.24, 2.45) is 0 Å². The van der Waals surface area contributed by atoms with Crippen molar-refractivity contribution in [3.8, 4) is 0 Å². The van der Waals surface area contributed by atoms with Crippen LogP contribution in [0.25, 0.3) is 0 Å². The maximum Gasteiger partial charge on any atom is 0.231 e. The Morgan fingerprint density at radius 1 is 1.25 bits per heavy atom. The third-order valence-electron chi connectivity index (χ3n) is 2.96. The molecule has 2 aromatic rings. The molecule has 0 aliphatic rings. The first-order chi connectivity index (χ1) is 9.54. The molecule has 0 bridgehead atoms. The Kier molecular flexibility index (Phi) is 4.69. The maximum atomic E-state index is 11.9. The van der Waals surface area contributed by atoms with Gasteiger partial charge < -0.3 is 0 Å². The largest absolute Gasteiger partial charge is 0.294 e. The van der Waals surface area contributed by atoms with Crippen LogP contribution < -0.4 is 5.32 Å². The summed E-state index contributed by atoms with van der Waals surface area (Å²) in [6.07, 6.45) is 1.08. The number of amides is 1. The van der Waals surface area contributed by atoms with Crippen molar-refractivity contribution >= 4 is 23.5 Å². The Labute approximate surface area is 123 Å². The molecule has 0 fully saturated rings. The fourth-order valence-electron chi connectivity index (χ4n) is 1.91. The van der Waals surface area contributed by atoms with Gasteiger partial charge in [0.05, 0.1) is 0 Å². The van der Waals surface area contributed by atoms with Crippen LogP contribution in [0.5, 0.6) is 0 Å². The van der Waals surface area contributed by atoms with Gasteiger partial charge >= 0.3 is 0 Å². The van der Waals surface area contributed by atoms with Gasteiger partial charge in [-0.1, -0.05) is 35.9 Å².